The minimum Gasteiger partial charge on any atom is -0.463 e. The van der Waals surface area contributed by atoms with Crippen molar-refractivity contribution in [2.24, 2.45) is 0 Å². The van der Waals surface area contributed by atoms with Gasteiger partial charge in [-0.15, -0.1) is 12.3 Å². The van der Waals surface area contributed by atoms with E-state index < -0.39 is 30.5 Å². The first-order valence-electron chi connectivity index (χ1n) is 4.95. The number of rotatable bonds is 5. The quantitative estimate of drug-likeness (QED) is 0.366. The fourth-order valence-corrected chi connectivity index (χ4v) is 0.991. The van der Waals surface area contributed by atoms with Gasteiger partial charge < -0.3 is 9.84 Å². The molecule has 9 heteroatoms. The summed E-state index contributed by atoms with van der Waals surface area (Å²) in [6.07, 6.45) is -7.10. The van der Waals surface area contributed by atoms with Crippen LogP contribution in [0.15, 0.2) is 0 Å². The van der Waals surface area contributed by atoms with Gasteiger partial charge in [-0.3, -0.25) is 0 Å². The second kappa shape index (κ2) is 6.14. The van der Waals surface area contributed by atoms with Crippen LogP contribution in [0.5, 0.6) is 0 Å². The highest BCUT2D eigenvalue weighted by Gasteiger charge is 2.76. The number of alkyl halides is 6. The molecule has 0 spiro atoms. The van der Waals surface area contributed by atoms with Crippen LogP contribution in [0.1, 0.15) is 19.3 Å². The van der Waals surface area contributed by atoms with Gasteiger partial charge in [0.1, 0.15) is 0 Å². The highest BCUT2D eigenvalue weighted by molar-refractivity contribution is 5.81. The van der Waals surface area contributed by atoms with Crippen LogP contribution >= 0.6 is 0 Å². The third-order valence-corrected chi connectivity index (χ3v) is 2.06. The molecule has 0 fully saturated rings. The predicted octanol–water partition coefficient (Wildman–Crippen LogP) is 2.19. The van der Waals surface area contributed by atoms with Crippen LogP contribution in [0.4, 0.5) is 26.3 Å². The lowest BCUT2D eigenvalue weighted by Crippen LogP contribution is -2.63. The van der Waals surface area contributed by atoms with Crippen LogP contribution in [0.2, 0.25) is 0 Å². The van der Waals surface area contributed by atoms with E-state index >= 15 is 0 Å². The molecule has 0 saturated carbocycles. The summed E-state index contributed by atoms with van der Waals surface area (Å²) in [7, 11) is 0. The number of hydrogen-bond donors (Lipinski definition) is 1. The highest BCUT2D eigenvalue weighted by Crippen LogP contribution is 2.43. The third kappa shape index (κ3) is 4.02. The maximum atomic E-state index is 12.2. The molecular weight excluding hydrogens is 282 g/mol. The number of esters is 1. The molecule has 0 aromatic rings. The normalized spacial score (nSPS) is 12.9. The van der Waals surface area contributed by atoms with Crippen molar-refractivity contribution in [1.82, 2.24) is 0 Å². The molecular formula is C10H10F6O3. The van der Waals surface area contributed by atoms with Gasteiger partial charge in [-0.1, -0.05) is 0 Å². The van der Waals surface area contributed by atoms with Gasteiger partial charge in [-0.05, 0) is 12.8 Å². The number of carbonyl (C=O) groups excluding carboxylic acids is 1. The zero-order chi connectivity index (χ0) is 15.3. The Bertz CT molecular complexity index is 338. The van der Waals surface area contributed by atoms with Gasteiger partial charge in [0.15, 0.2) is 0 Å². The Morgan fingerprint density at radius 1 is 1.11 bits per heavy atom. The molecule has 0 aromatic carbocycles. The summed E-state index contributed by atoms with van der Waals surface area (Å²) in [5.74, 6) is -0.613. The van der Waals surface area contributed by atoms with Gasteiger partial charge in [0, 0.05) is 6.42 Å². The highest BCUT2D eigenvalue weighted by atomic mass is 19.4. The Morgan fingerprint density at radius 3 is 1.95 bits per heavy atom. The fourth-order valence-electron chi connectivity index (χ4n) is 0.991. The van der Waals surface area contributed by atoms with Crippen molar-refractivity contribution < 1.29 is 41.0 Å². The molecule has 0 aromatic heterocycles. The summed E-state index contributed by atoms with van der Waals surface area (Å²) < 4.78 is 76.9. The van der Waals surface area contributed by atoms with E-state index in [0.29, 0.717) is 0 Å². The van der Waals surface area contributed by atoms with Crippen molar-refractivity contribution in [3.05, 3.63) is 0 Å². The van der Waals surface area contributed by atoms with Crippen LogP contribution < -0.4 is 0 Å². The number of ether oxygens (including phenoxy) is 1. The van der Waals surface area contributed by atoms with Gasteiger partial charge in [-0.2, -0.15) is 26.3 Å². The van der Waals surface area contributed by atoms with E-state index in [1.807, 2.05) is 0 Å². The van der Waals surface area contributed by atoms with E-state index in [1.165, 1.54) is 0 Å². The molecule has 110 valence electrons. The fraction of sp³-hybridized carbons (Fsp3) is 0.700. The van der Waals surface area contributed by atoms with E-state index in [-0.39, 0.29) is 19.3 Å². The average Bonchev–Trinajstić information content (AvgIpc) is 2.24. The number of carbonyl (C=O) groups is 1. The van der Waals surface area contributed by atoms with Crippen LogP contribution in [-0.2, 0) is 9.53 Å². The molecule has 0 atom stereocenters. The summed E-state index contributed by atoms with van der Waals surface area (Å²) >= 11 is 0. The number of unbranched alkanes of at least 4 members (excludes halogenated alkanes) is 2. The lowest BCUT2D eigenvalue weighted by molar-refractivity contribution is -0.356. The largest absolute Gasteiger partial charge is 0.463 e. The second-order valence-corrected chi connectivity index (χ2v) is 3.50. The molecule has 0 unspecified atom stereocenters. The predicted molar refractivity (Wildman–Crippen MR) is 50.7 cm³/mol. The Morgan fingerprint density at radius 2 is 1.58 bits per heavy atom. The molecule has 0 rings (SSSR count). The monoisotopic (exact) mass is 292 g/mol. The van der Waals surface area contributed by atoms with E-state index in [0.717, 1.165) is 0 Å². The number of halogens is 6. The first-order chi connectivity index (χ1) is 8.48. The number of aliphatic hydroxyl groups is 1. The molecule has 19 heavy (non-hydrogen) atoms. The number of terminal acetylenes is 1. The molecule has 0 heterocycles. The Hall–Kier alpha value is -1.43. The lowest BCUT2D eigenvalue weighted by atomic mass is 10.0. The maximum Gasteiger partial charge on any atom is 0.437 e. The van der Waals surface area contributed by atoms with Crippen LogP contribution in [0.3, 0.4) is 0 Å². The SMILES string of the molecule is C#CCCCCOC(=O)C(O)(C(F)(F)F)C(F)(F)F. The molecule has 3 nitrogen and oxygen atoms in total. The zero-order valence-electron chi connectivity index (χ0n) is 9.44. The molecule has 0 saturated heterocycles. The molecule has 1 N–H and O–H groups in total. The topological polar surface area (TPSA) is 46.5 Å². The molecule has 0 aliphatic rings. The summed E-state index contributed by atoms with van der Waals surface area (Å²) in [4.78, 5) is 10.8. The smallest absolute Gasteiger partial charge is 0.437 e. The van der Waals surface area contributed by atoms with Crippen molar-refractivity contribution in [2.45, 2.75) is 37.2 Å². The number of hydrogen-bond acceptors (Lipinski definition) is 3. The van der Waals surface area contributed by atoms with E-state index in [9.17, 15) is 31.1 Å². The van der Waals surface area contributed by atoms with Gasteiger partial charge in [0.2, 0.25) is 0 Å². The van der Waals surface area contributed by atoms with Crippen LogP contribution in [-0.4, -0.2) is 35.6 Å². The van der Waals surface area contributed by atoms with Crippen molar-refractivity contribution >= 4 is 5.97 Å². The second-order valence-electron chi connectivity index (χ2n) is 3.50. The first kappa shape index (κ1) is 17.6. The summed E-state index contributed by atoms with van der Waals surface area (Å²) in [6, 6.07) is 0. The van der Waals surface area contributed by atoms with E-state index in [1.54, 1.807) is 0 Å². The Kier molecular flexibility index (Phi) is 5.68. The molecule has 0 aliphatic carbocycles. The van der Waals surface area contributed by atoms with Crippen LogP contribution in [0.25, 0.3) is 0 Å². The standard InChI is InChI=1S/C10H10F6O3/c1-2-3-4-5-6-19-7(17)8(18,9(11,12)13)10(14,15)16/h1,18H,3-6H2. The lowest BCUT2D eigenvalue weighted by Gasteiger charge is -2.29. The average molecular weight is 292 g/mol. The molecule has 0 amide bonds. The van der Waals surface area contributed by atoms with Gasteiger partial charge in [0.05, 0.1) is 6.61 Å². The van der Waals surface area contributed by atoms with Gasteiger partial charge >= 0.3 is 23.9 Å². The Labute approximate surface area is 104 Å². The Balaban J connectivity index is 4.75. The summed E-state index contributed by atoms with van der Waals surface area (Å²) in [6.45, 7) is -0.699. The zero-order valence-corrected chi connectivity index (χ0v) is 9.44. The van der Waals surface area contributed by atoms with Crippen molar-refractivity contribution in [3.8, 4) is 12.3 Å². The van der Waals surface area contributed by atoms with Crippen molar-refractivity contribution in [3.63, 3.8) is 0 Å². The molecule has 0 aliphatic heterocycles. The van der Waals surface area contributed by atoms with E-state index in [2.05, 4.69) is 10.7 Å². The molecule has 0 bridgehead atoms. The molecule has 0 radical (unpaired) electrons. The summed E-state index contributed by atoms with van der Waals surface area (Å²) in [5.41, 5.74) is -5.52. The minimum atomic E-state index is -6.22. The third-order valence-electron chi connectivity index (χ3n) is 2.06. The first-order valence-corrected chi connectivity index (χ1v) is 4.95. The van der Waals surface area contributed by atoms with E-state index in [4.69, 9.17) is 11.5 Å². The van der Waals surface area contributed by atoms with Crippen molar-refractivity contribution in [2.75, 3.05) is 6.61 Å². The van der Waals surface area contributed by atoms with Gasteiger partial charge in [-0.25, -0.2) is 4.79 Å². The minimum absolute atomic E-state index is 0.0122. The van der Waals surface area contributed by atoms with Crippen molar-refractivity contribution in [1.29, 1.82) is 0 Å². The van der Waals surface area contributed by atoms with Crippen LogP contribution in [0, 0.1) is 12.3 Å². The summed E-state index contributed by atoms with van der Waals surface area (Å²) in [5, 5.41) is 8.60. The maximum absolute atomic E-state index is 12.2. The van der Waals surface area contributed by atoms with Gasteiger partial charge in [0.25, 0.3) is 0 Å².